The molecule has 0 saturated heterocycles. The van der Waals surface area contributed by atoms with Crippen LogP contribution < -0.4 is 4.90 Å². The summed E-state index contributed by atoms with van der Waals surface area (Å²) in [4.78, 5) is 14.8. The van der Waals surface area contributed by atoms with Crippen molar-refractivity contribution in [2.75, 3.05) is 11.2 Å². The second-order valence-corrected chi connectivity index (χ2v) is 7.67. The minimum absolute atomic E-state index is 0.0967. The van der Waals surface area contributed by atoms with Crippen molar-refractivity contribution in [1.82, 2.24) is 0 Å². The van der Waals surface area contributed by atoms with Crippen molar-refractivity contribution in [3.05, 3.63) is 59.7 Å². The summed E-state index contributed by atoms with van der Waals surface area (Å²) in [6.07, 6.45) is 1.99. The molecule has 114 valence electrons. The second-order valence-electron chi connectivity index (χ2n) is 5.65. The standard InChI is InChI=1S/C17H17NO3S/c1-12-11-14-5-3-4-6-16(14)18(12)17(19)13-7-9-15(10-8-13)22(2,20)21/h3-10,12H,11H2,1-2H3/t12-/m1/s1. The highest BCUT2D eigenvalue weighted by molar-refractivity contribution is 7.90. The zero-order chi connectivity index (χ0) is 15.9. The third-order valence-corrected chi connectivity index (χ3v) is 5.08. The zero-order valence-corrected chi connectivity index (χ0v) is 13.3. The molecule has 4 nitrogen and oxygen atoms in total. The molecular formula is C17H17NO3S. The maximum atomic E-state index is 12.8. The van der Waals surface area contributed by atoms with Gasteiger partial charge in [0.1, 0.15) is 0 Å². The van der Waals surface area contributed by atoms with E-state index in [2.05, 4.69) is 0 Å². The predicted octanol–water partition coefficient (Wildman–Crippen LogP) is 2.68. The summed E-state index contributed by atoms with van der Waals surface area (Å²) in [5, 5.41) is 0. The molecule has 2 aromatic carbocycles. The van der Waals surface area contributed by atoms with Gasteiger partial charge in [0, 0.05) is 23.5 Å². The molecule has 0 saturated carbocycles. The Morgan fingerprint density at radius 1 is 1.09 bits per heavy atom. The van der Waals surface area contributed by atoms with Crippen molar-refractivity contribution < 1.29 is 13.2 Å². The van der Waals surface area contributed by atoms with Crippen LogP contribution in [0.4, 0.5) is 5.69 Å². The molecule has 0 spiro atoms. The van der Waals surface area contributed by atoms with Gasteiger partial charge in [-0.25, -0.2) is 8.42 Å². The van der Waals surface area contributed by atoms with Gasteiger partial charge >= 0.3 is 0 Å². The maximum absolute atomic E-state index is 12.8. The van der Waals surface area contributed by atoms with E-state index >= 15 is 0 Å². The molecule has 0 aromatic heterocycles. The Morgan fingerprint density at radius 2 is 1.73 bits per heavy atom. The van der Waals surface area contributed by atoms with Gasteiger partial charge in [0.05, 0.1) is 4.90 Å². The number of anilines is 1. The molecule has 1 aliphatic heterocycles. The average molecular weight is 315 g/mol. The highest BCUT2D eigenvalue weighted by Gasteiger charge is 2.31. The molecule has 0 radical (unpaired) electrons. The van der Waals surface area contributed by atoms with Gasteiger partial charge in [-0.3, -0.25) is 4.79 Å². The fourth-order valence-electron chi connectivity index (χ4n) is 2.86. The number of hydrogen-bond donors (Lipinski definition) is 0. The molecule has 0 unspecified atom stereocenters. The number of fused-ring (bicyclic) bond motifs is 1. The van der Waals surface area contributed by atoms with Crippen molar-refractivity contribution in [3.63, 3.8) is 0 Å². The molecule has 0 aliphatic carbocycles. The number of carbonyl (C=O) groups is 1. The fraction of sp³-hybridized carbons (Fsp3) is 0.235. The van der Waals surface area contributed by atoms with Gasteiger partial charge in [-0.1, -0.05) is 18.2 Å². The monoisotopic (exact) mass is 315 g/mol. The van der Waals surface area contributed by atoms with Crippen LogP contribution >= 0.6 is 0 Å². The Bertz CT molecular complexity index is 825. The summed E-state index contributed by atoms with van der Waals surface area (Å²) in [5.74, 6) is -0.0995. The summed E-state index contributed by atoms with van der Waals surface area (Å²) >= 11 is 0. The van der Waals surface area contributed by atoms with Crippen LogP contribution in [-0.2, 0) is 16.3 Å². The van der Waals surface area contributed by atoms with Gasteiger partial charge in [0.15, 0.2) is 9.84 Å². The Labute approximate surface area is 130 Å². The van der Waals surface area contributed by atoms with Crippen molar-refractivity contribution in [2.45, 2.75) is 24.3 Å². The summed E-state index contributed by atoms with van der Waals surface area (Å²) < 4.78 is 23.0. The number of benzene rings is 2. The van der Waals surface area contributed by atoms with E-state index in [0.717, 1.165) is 23.9 Å². The van der Waals surface area contributed by atoms with E-state index in [1.165, 1.54) is 12.1 Å². The molecular weight excluding hydrogens is 298 g/mol. The first-order valence-electron chi connectivity index (χ1n) is 7.09. The van der Waals surface area contributed by atoms with Crippen LogP contribution in [-0.4, -0.2) is 26.6 Å². The van der Waals surface area contributed by atoms with E-state index in [-0.39, 0.29) is 16.8 Å². The molecule has 1 heterocycles. The number of amides is 1. The lowest BCUT2D eigenvalue weighted by molar-refractivity contribution is 0.0981. The van der Waals surface area contributed by atoms with Gasteiger partial charge in [0.2, 0.25) is 0 Å². The number of hydrogen-bond acceptors (Lipinski definition) is 3. The van der Waals surface area contributed by atoms with Crippen molar-refractivity contribution in [1.29, 1.82) is 0 Å². The Kier molecular flexibility index (Phi) is 3.53. The summed E-state index contributed by atoms with van der Waals surface area (Å²) in [7, 11) is -3.25. The Morgan fingerprint density at radius 3 is 2.36 bits per heavy atom. The molecule has 3 rings (SSSR count). The first-order valence-corrected chi connectivity index (χ1v) is 8.98. The summed E-state index contributed by atoms with van der Waals surface area (Å²) in [6.45, 7) is 2.02. The van der Waals surface area contributed by atoms with Gasteiger partial charge in [-0.2, -0.15) is 0 Å². The molecule has 0 bridgehead atoms. The summed E-state index contributed by atoms with van der Waals surface area (Å²) in [6, 6.07) is 14.1. The fourth-order valence-corrected chi connectivity index (χ4v) is 3.49. The number of para-hydroxylation sites is 1. The maximum Gasteiger partial charge on any atom is 0.258 e. The van der Waals surface area contributed by atoms with Gasteiger partial charge in [-0.05, 0) is 49.2 Å². The molecule has 1 aliphatic rings. The highest BCUT2D eigenvalue weighted by atomic mass is 32.2. The average Bonchev–Trinajstić information content (AvgIpc) is 2.81. The third kappa shape index (κ3) is 2.52. The van der Waals surface area contributed by atoms with Crippen LogP contribution in [0.5, 0.6) is 0 Å². The first kappa shape index (κ1) is 14.8. The first-order chi connectivity index (χ1) is 10.4. The second kappa shape index (κ2) is 5.25. The van der Waals surface area contributed by atoms with Crippen LogP contribution in [0.3, 0.4) is 0 Å². The largest absolute Gasteiger partial charge is 0.305 e. The minimum atomic E-state index is -3.25. The van der Waals surface area contributed by atoms with Crippen LogP contribution in [0.2, 0.25) is 0 Å². The van der Waals surface area contributed by atoms with Gasteiger partial charge in [-0.15, -0.1) is 0 Å². The lowest BCUT2D eigenvalue weighted by Crippen LogP contribution is -2.35. The lowest BCUT2D eigenvalue weighted by Gasteiger charge is -2.22. The molecule has 2 aromatic rings. The van der Waals surface area contributed by atoms with Crippen molar-refractivity contribution >= 4 is 21.4 Å². The highest BCUT2D eigenvalue weighted by Crippen LogP contribution is 2.33. The number of sulfone groups is 1. The molecule has 1 atom stereocenters. The van der Waals surface area contributed by atoms with Gasteiger partial charge < -0.3 is 4.90 Å². The quantitative estimate of drug-likeness (QED) is 0.856. The van der Waals surface area contributed by atoms with E-state index in [0.29, 0.717) is 5.56 Å². The number of carbonyl (C=O) groups excluding carboxylic acids is 1. The smallest absolute Gasteiger partial charge is 0.258 e. The van der Waals surface area contributed by atoms with Crippen molar-refractivity contribution in [3.8, 4) is 0 Å². The van der Waals surface area contributed by atoms with Crippen molar-refractivity contribution in [2.24, 2.45) is 0 Å². The van der Waals surface area contributed by atoms with Gasteiger partial charge in [0.25, 0.3) is 5.91 Å². The molecule has 0 fully saturated rings. The van der Waals surface area contributed by atoms with E-state index in [4.69, 9.17) is 0 Å². The lowest BCUT2D eigenvalue weighted by atomic mass is 10.1. The van der Waals surface area contributed by atoms with E-state index < -0.39 is 9.84 Å². The Hall–Kier alpha value is -2.14. The molecule has 5 heteroatoms. The Balaban J connectivity index is 1.95. The number of nitrogens with zero attached hydrogens (tertiary/aromatic N) is 1. The molecule has 0 N–H and O–H groups in total. The third-order valence-electron chi connectivity index (χ3n) is 3.96. The predicted molar refractivity (Wildman–Crippen MR) is 86.0 cm³/mol. The topological polar surface area (TPSA) is 54.5 Å². The summed E-state index contributed by atoms with van der Waals surface area (Å²) in [5.41, 5.74) is 2.60. The normalized spacial score (nSPS) is 17.4. The number of rotatable bonds is 2. The van der Waals surface area contributed by atoms with E-state index in [9.17, 15) is 13.2 Å². The zero-order valence-electron chi connectivity index (χ0n) is 12.5. The van der Waals surface area contributed by atoms with Crippen LogP contribution in [0, 0.1) is 0 Å². The van der Waals surface area contributed by atoms with Crippen LogP contribution in [0.15, 0.2) is 53.4 Å². The van der Waals surface area contributed by atoms with Crippen LogP contribution in [0.25, 0.3) is 0 Å². The minimum Gasteiger partial charge on any atom is -0.305 e. The SMILES string of the molecule is C[C@@H]1Cc2ccccc2N1C(=O)c1ccc(S(C)(=O)=O)cc1. The van der Waals surface area contributed by atoms with Crippen LogP contribution in [0.1, 0.15) is 22.8 Å². The van der Waals surface area contributed by atoms with E-state index in [1.54, 1.807) is 17.0 Å². The molecule has 22 heavy (non-hydrogen) atoms. The van der Waals surface area contributed by atoms with E-state index in [1.807, 2.05) is 31.2 Å². The molecule has 1 amide bonds.